The van der Waals surface area contributed by atoms with Gasteiger partial charge in [0, 0.05) is 24.5 Å². The lowest BCUT2D eigenvalue weighted by molar-refractivity contribution is -0.217. The van der Waals surface area contributed by atoms with E-state index in [0.29, 0.717) is 30.2 Å². The Bertz CT molecular complexity index is 752. The number of hydrogen-bond donors (Lipinski definition) is 0. The summed E-state index contributed by atoms with van der Waals surface area (Å²) in [6, 6.07) is 6.28. The highest BCUT2D eigenvalue weighted by Crippen LogP contribution is 2.42. The van der Waals surface area contributed by atoms with Gasteiger partial charge in [0.1, 0.15) is 0 Å². The Kier molecular flexibility index (Phi) is 6.29. The predicted octanol–water partition coefficient (Wildman–Crippen LogP) is 3.65. The molecule has 1 aromatic rings. The maximum absolute atomic E-state index is 12.3. The lowest BCUT2D eigenvalue weighted by atomic mass is 9.74. The van der Waals surface area contributed by atoms with Crippen LogP contribution in [0.3, 0.4) is 0 Å². The van der Waals surface area contributed by atoms with E-state index in [4.69, 9.17) is 9.47 Å². The maximum Gasteiger partial charge on any atom is 0.338 e. The largest absolute Gasteiger partial charge is 0.462 e. The molecule has 0 radical (unpaired) electrons. The second-order valence-electron chi connectivity index (χ2n) is 7.39. The first kappa shape index (κ1) is 20.3. The Morgan fingerprint density at radius 2 is 1.79 bits per heavy atom. The maximum atomic E-state index is 12.3. The predicted molar refractivity (Wildman–Crippen MR) is 105 cm³/mol. The number of imide groups is 1. The van der Waals surface area contributed by atoms with E-state index in [0.717, 1.165) is 37.2 Å². The number of anilines is 1. The number of amides is 2. The number of nitrogens with zero attached hydrogens (tertiary/aromatic N) is 1. The lowest BCUT2D eigenvalue weighted by Crippen LogP contribution is -2.54. The molecule has 3 rings (SSSR count). The summed E-state index contributed by atoms with van der Waals surface area (Å²) >= 11 is 0. The average Bonchev–Trinajstić information content (AvgIpc) is 3.02. The molecular formula is C22H27NO5. The van der Waals surface area contributed by atoms with Gasteiger partial charge in [0.25, 0.3) is 11.8 Å². The molecule has 0 bridgehead atoms. The summed E-state index contributed by atoms with van der Waals surface area (Å²) in [5.74, 6) is -0.645. The Labute approximate surface area is 165 Å². The minimum absolute atomic E-state index is 0.154. The van der Waals surface area contributed by atoms with E-state index in [-0.39, 0.29) is 17.4 Å². The third kappa shape index (κ3) is 4.02. The molecule has 0 saturated carbocycles. The van der Waals surface area contributed by atoms with Crippen LogP contribution in [0.15, 0.2) is 36.4 Å². The molecule has 6 heteroatoms. The smallest absolute Gasteiger partial charge is 0.338 e. The third-order valence-electron chi connectivity index (χ3n) is 5.56. The van der Waals surface area contributed by atoms with Crippen LogP contribution in [-0.2, 0) is 19.1 Å². The molecule has 150 valence electrons. The molecule has 0 N–H and O–H groups in total. The van der Waals surface area contributed by atoms with Crippen LogP contribution in [-0.4, -0.2) is 36.6 Å². The Balaban J connectivity index is 1.55. The Morgan fingerprint density at radius 1 is 1.11 bits per heavy atom. The van der Waals surface area contributed by atoms with Crippen LogP contribution in [0.4, 0.5) is 5.69 Å². The van der Waals surface area contributed by atoms with Gasteiger partial charge in [-0.15, -0.1) is 0 Å². The van der Waals surface area contributed by atoms with Crippen LogP contribution >= 0.6 is 0 Å². The summed E-state index contributed by atoms with van der Waals surface area (Å²) in [4.78, 5) is 36.8. The molecule has 2 amide bonds. The summed E-state index contributed by atoms with van der Waals surface area (Å²) in [7, 11) is 0. The number of esters is 1. The number of ether oxygens (including phenoxy) is 2. The van der Waals surface area contributed by atoms with E-state index in [9.17, 15) is 14.4 Å². The zero-order chi connectivity index (χ0) is 20.1. The monoisotopic (exact) mass is 385 g/mol. The molecule has 1 fully saturated rings. The van der Waals surface area contributed by atoms with Crippen molar-refractivity contribution in [2.75, 3.05) is 18.1 Å². The van der Waals surface area contributed by atoms with Crippen LogP contribution in [0.1, 0.15) is 56.3 Å². The number of carbonyl (C=O) groups is 3. The first-order valence-corrected chi connectivity index (χ1v) is 9.98. The zero-order valence-electron chi connectivity index (χ0n) is 16.5. The van der Waals surface area contributed by atoms with Gasteiger partial charge in [-0.25, -0.2) is 9.69 Å². The standard InChI is InChI=1S/C22H27NO5/c1-3-5-17-15-28-22(17,12-4-2)13-14-27-21(26)16-6-8-18(9-7-16)23-19(24)10-11-20(23)25/h6-11,17H,3-5,12-15H2,1-2H3. The first-order valence-electron chi connectivity index (χ1n) is 9.98. The molecule has 0 aromatic heterocycles. The van der Waals surface area contributed by atoms with Gasteiger partial charge in [-0.2, -0.15) is 0 Å². The van der Waals surface area contributed by atoms with Crippen molar-refractivity contribution in [3.05, 3.63) is 42.0 Å². The van der Waals surface area contributed by atoms with E-state index in [1.54, 1.807) is 24.3 Å². The number of carbonyl (C=O) groups excluding carboxylic acids is 3. The van der Waals surface area contributed by atoms with Crippen molar-refractivity contribution in [2.45, 2.75) is 51.6 Å². The molecule has 2 aliphatic heterocycles. The average molecular weight is 385 g/mol. The Morgan fingerprint density at radius 3 is 2.32 bits per heavy atom. The summed E-state index contributed by atoms with van der Waals surface area (Å²) in [6.07, 6.45) is 7.45. The van der Waals surface area contributed by atoms with E-state index < -0.39 is 5.97 Å². The normalized spacial score (nSPS) is 23.8. The zero-order valence-corrected chi connectivity index (χ0v) is 16.5. The van der Waals surface area contributed by atoms with E-state index in [2.05, 4.69) is 13.8 Å². The van der Waals surface area contributed by atoms with Crippen LogP contribution in [0.5, 0.6) is 0 Å². The van der Waals surface area contributed by atoms with Crippen LogP contribution in [0, 0.1) is 5.92 Å². The highest BCUT2D eigenvalue weighted by Gasteiger charge is 2.46. The summed E-state index contributed by atoms with van der Waals surface area (Å²) in [5, 5.41) is 0. The van der Waals surface area contributed by atoms with Gasteiger partial charge in [0.15, 0.2) is 0 Å². The molecular weight excluding hydrogens is 358 g/mol. The molecule has 2 heterocycles. The van der Waals surface area contributed by atoms with Crippen LogP contribution < -0.4 is 4.90 Å². The van der Waals surface area contributed by atoms with Gasteiger partial charge in [0.05, 0.1) is 30.1 Å². The first-order chi connectivity index (χ1) is 13.5. The second kappa shape index (κ2) is 8.69. The molecule has 1 saturated heterocycles. The highest BCUT2D eigenvalue weighted by atomic mass is 16.5. The quantitative estimate of drug-likeness (QED) is 0.479. The van der Waals surface area contributed by atoms with Crippen LogP contribution in [0.2, 0.25) is 0 Å². The summed E-state index contributed by atoms with van der Waals surface area (Å²) < 4.78 is 11.4. The fourth-order valence-corrected chi connectivity index (χ4v) is 4.03. The molecule has 2 aliphatic rings. The Hall–Kier alpha value is -2.47. The van der Waals surface area contributed by atoms with Crippen molar-refractivity contribution in [3.63, 3.8) is 0 Å². The van der Waals surface area contributed by atoms with Crippen molar-refractivity contribution in [2.24, 2.45) is 5.92 Å². The number of rotatable bonds is 9. The lowest BCUT2D eigenvalue weighted by Gasteiger charge is -2.50. The van der Waals surface area contributed by atoms with E-state index >= 15 is 0 Å². The molecule has 0 spiro atoms. The molecule has 0 aliphatic carbocycles. The van der Waals surface area contributed by atoms with Crippen molar-refractivity contribution < 1.29 is 23.9 Å². The molecule has 2 unspecified atom stereocenters. The summed E-state index contributed by atoms with van der Waals surface area (Å²) in [5.41, 5.74) is 0.668. The number of hydrogen-bond acceptors (Lipinski definition) is 5. The summed E-state index contributed by atoms with van der Waals surface area (Å²) in [6.45, 7) is 5.43. The topological polar surface area (TPSA) is 72.9 Å². The van der Waals surface area contributed by atoms with Gasteiger partial charge in [-0.05, 0) is 37.1 Å². The van der Waals surface area contributed by atoms with Gasteiger partial charge in [-0.1, -0.05) is 26.7 Å². The van der Waals surface area contributed by atoms with Crippen molar-refractivity contribution in [3.8, 4) is 0 Å². The van der Waals surface area contributed by atoms with Gasteiger partial charge in [-0.3, -0.25) is 9.59 Å². The highest BCUT2D eigenvalue weighted by molar-refractivity contribution is 6.28. The third-order valence-corrected chi connectivity index (χ3v) is 5.56. The van der Waals surface area contributed by atoms with Crippen molar-refractivity contribution >= 4 is 23.5 Å². The molecule has 6 nitrogen and oxygen atoms in total. The number of benzene rings is 1. The van der Waals surface area contributed by atoms with Crippen LogP contribution in [0.25, 0.3) is 0 Å². The van der Waals surface area contributed by atoms with E-state index in [1.165, 1.54) is 12.2 Å². The van der Waals surface area contributed by atoms with Crippen molar-refractivity contribution in [1.82, 2.24) is 0 Å². The molecule has 28 heavy (non-hydrogen) atoms. The van der Waals surface area contributed by atoms with Gasteiger partial charge < -0.3 is 9.47 Å². The molecule has 1 aromatic carbocycles. The second-order valence-corrected chi connectivity index (χ2v) is 7.39. The fraction of sp³-hybridized carbons (Fsp3) is 0.500. The van der Waals surface area contributed by atoms with E-state index in [1.807, 2.05) is 0 Å². The van der Waals surface area contributed by atoms with Crippen molar-refractivity contribution in [1.29, 1.82) is 0 Å². The van der Waals surface area contributed by atoms with Gasteiger partial charge >= 0.3 is 5.97 Å². The SMILES string of the molecule is CCCC1COC1(CCC)CCOC(=O)c1ccc(N2C(=O)C=CC2=O)cc1. The molecule has 2 atom stereocenters. The fourth-order valence-electron chi connectivity index (χ4n) is 4.03. The minimum atomic E-state index is -0.415. The van der Waals surface area contributed by atoms with Gasteiger partial charge in [0.2, 0.25) is 0 Å². The minimum Gasteiger partial charge on any atom is -0.462 e.